The van der Waals surface area contributed by atoms with Crippen molar-refractivity contribution in [2.24, 2.45) is 5.92 Å². The summed E-state index contributed by atoms with van der Waals surface area (Å²) in [5.41, 5.74) is 0. The zero-order chi connectivity index (χ0) is 12.1. The van der Waals surface area contributed by atoms with Crippen molar-refractivity contribution >= 4 is 11.8 Å². The summed E-state index contributed by atoms with van der Waals surface area (Å²) in [6.45, 7) is 4.08. The van der Waals surface area contributed by atoms with E-state index in [-0.39, 0.29) is 0 Å². The monoisotopic (exact) mass is 251 g/mol. The van der Waals surface area contributed by atoms with Crippen LogP contribution in [0.4, 0.5) is 0 Å². The van der Waals surface area contributed by atoms with E-state index < -0.39 is 0 Å². The minimum atomic E-state index is 0.566. The van der Waals surface area contributed by atoms with Gasteiger partial charge in [-0.15, -0.1) is 11.8 Å². The molecule has 0 saturated heterocycles. The largest absolute Gasteiger partial charge is 0.493 e. The topological polar surface area (TPSA) is 21.3 Å². The fourth-order valence-electron chi connectivity index (χ4n) is 1.62. The Morgan fingerprint density at radius 1 is 1.35 bits per heavy atom. The first kappa shape index (κ1) is 12.8. The average Bonchev–Trinajstić information content (AvgIpc) is 3.18. The van der Waals surface area contributed by atoms with Crippen LogP contribution in [-0.2, 0) is 0 Å². The molecular formula is C14H21NOS. The highest BCUT2D eigenvalue weighted by Gasteiger charge is 2.20. The van der Waals surface area contributed by atoms with Gasteiger partial charge in [0.2, 0.25) is 0 Å². The zero-order valence-corrected chi connectivity index (χ0v) is 11.4. The van der Waals surface area contributed by atoms with Gasteiger partial charge in [0.1, 0.15) is 5.75 Å². The molecule has 0 aromatic heterocycles. The van der Waals surface area contributed by atoms with Crippen LogP contribution < -0.4 is 10.1 Å². The van der Waals surface area contributed by atoms with Crippen LogP contribution in [0, 0.1) is 5.92 Å². The van der Waals surface area contributed by atoms with E-state index in [2.05, 4.69) is 30.6 Å². The van der Waals surface area contributed by atoms with Gasteiger partial charge in [-0.05, 0) is 43.4 Å². The maximum Gasteiger partial charge on any atom is 0.119 e. The van der Waals surface area contributed by atoms with Crippen molar-refractivity contribution in [2.75, 3.05) is 19.4 Å². The third-order valence-corrected chi connectivity index (χ3v) is 3.67. The Hall–Kier alpha value is -0.670. The van der Waals surface area contributed by atoms with E-state index >= 15 is 0 Å². The molecule has 2 nitrogen and oxygen atoms in total. The summed E-state index contributed by atoms with van der Waals surface area (Å²) in [7, 11) is 0. The third-order valence-electron chi connectivity index (χ3n) is 2.93. The van der Waals surface area contributed by atoms with Crippen LogP contribution in [-0.4, -0.2) is 25.4 Å². The maximum atomic E-state index is 5.77. The van der Waals surface area contributed by atoms with Crippen LogP contribution in [0.5, 0.6) is 5.75 Å². The Morgan fingerprint density at radius 3 is 2.65 bits per heavy atom. The van der Waals surface area contributed by atoms with Gasteiger partial charge in [0, 0.05) is 23.4 Å². The number of hydrogen-bond donors (Lipinski definition) is 1. The van der Waals surface area contributed by atoms with Gasteiger partial charge in [-0.25, -0.2) is 0 Å². The van der Waals surface area contributed by atoms with Crippen LogP contribution in [0.3, 0.4) is 0 Å². The van der Waals surface area contributed by atoms with Gasteiger partial charge in [-0.2, -0.15) is 0 Å². The molecular weight excluding hydrogens is 230 g/mol. The molecule has 1 aromatic rings. The van der Waals surface area contributed by atoms with Gasteiger partial charge < -0.3 is 10.1 Å². The molecule has 2 rings (SSSR count). The SMILES string of the molecule is CSc1ccc(OCC(C)CNC2CC2)cc1. The fourth-order valence-corrected chi connectivity index (χ4v) is 2.03. The van der Waals surface area contributed by atoms with Gasteiger partial charge in [-0.3, -0.25) is 0 Å². The fraction of sp³-hybridized carbons (Fsp3) is 0.571. The molecule has 17 heavy (non-hydrogen) atoms. The smallest absolute Gasteiger partial charge is 0.119 e. The summed E-state index contributed by atoms with van der Waals surface area (Å²) in [4.78, 5) is 1.28. The Bertz CT molecular complexity index is 335. The molecule has 0 spiro atoms. The van der Waals surface area contributed by atoms with E-state index in [1.807, 2.05) is 12.1 Å². The lowest BCUT2D eigenvalue weighted by atomic mass is 10.2. The van der Waals surface area contributed by atoms with Crippen molar-refractivity contribution in [2.45, 2.75) is 30.7 Å². The van der Waals surface area contributed by atoms with Crippen LogP contribution in [0.25, 0.3) is 0 Å². The second-order valence-corrected chi connectivity index (χ2v) is 5.65. The van der Waals surface area contributed by atoms with Crippen molar-refractivity contribution < 1.29 is 4.74 Å². The zero-order valence-electron chi connectivity index (χ0n) is 10.6. The molecule has 1 N–H and O–H groups in total. The van der Waals surface area contributed by atoms with Crippen molar-refractivity contribution in [1.82, 2.24) is 5.32 Å². The van der Waals surface area contributed by atoms with Crippen LogP contribution >= 0.6 is 11.8 Å². The van der Waals surface area contributed by atoms with Crippen molar-refractivity contribution in [1.29, 1.82) is 0 Å². The van der Waals surface area contributed by atoms with Gasteiger partial charge in [0.25, 0.3) is 0 Å². The molecule has 3 heteroatoms. The Labute approximate surface area is 108 Å². The number of nitrogens with one attached hydrogen (secondary N) is 1. The Balaban J connectivity index is 1.68. The van der Waals surface area contributed by atoms with Crippen molar-refractivity contribution in [3.63, 3.8) is 0 Å². The minimum absolute atomic E-state index is 0.566. The number of rotatable bonds is 7. The predicted octanol–water partition coefficient (Wildman–Crippen LogP) is 3.18. The summed E-state index contributed by atoms with van der Waals surface area (Å²) in [6, 6.07) is 9.10. The van der Waals surface area contributed by atoms with Gasteiger partial charge in [0.05, 0.1) is 6.61 Å². The number of benzene rings is 1. The number of ether oxygens (including phenoxy) is 1. The van der Waals surface area contributed by atoms with Crippen molar-refractivity contribution in [3.8, 4) is 5.75 Å². The quantitative estimate of drug-likeness (QED) is 0.752. The normalized spacial score (nSPS) is 16.8. The van der Waals surface area contributed by atoms with Crippen molar-refractivity contribution in [3.05, 3.63) is 24.3 Å². The van der Waals surface area contributed by atoms with Crippen LogP contribution in [0.1, 0.15) is 19.8 Å². The highest BCUT2D eigenvalue weighted by atomic mass is 32.2. The third kappa shape index (κ3) is 4.60. The molecule has 1 aliphatic carbocycles. The molecule has 0 amide bonds. The second-order valence-electron chi connectivity index (χ2n) is 4.77. The van der Waals surface area contributed by atoms with E-state index in [1.165, 1.54) is 17.7 Å². The summed E-state index contributed by atoms with van der Waals surface area (Å²) in [5, 5.41) is 3.53. The van der Waals surface area contributed by atoms with Crippen LogP contribution in [0.2, 0.25) is 0 Å². The lowest BCUT2D eigenvalue weighted by Gasteiger charge is -2.13. The first-order valence-corrected chi connectivity index (χ1v) is 7.50. The first-order chi connectivity index (χ1) is 8.28. The van der Waals surface area contributed by atoms with E-state index in [4.69, 9.17) is 4.74 Å². The van der Waals surface area contributed by atoms with Gasteiger partial charge >= 0.3 is 0 Å². The van der Waals surface area contributed by atoms with E-state index in [9.17, 15) is 0 Å². The molecule has 1 aliphatic rings. The summed E-state index contributed by atoms with van der Waals surface area (Å²) in [5.74, 6) is 1.54. The first-order valence-electron chi connectivity index (χ1n) is 6.28. The van der Waals surface area contributed by atoms with Gasteiger partial charge in [-0.1, -0.05) is 6.92 Å². The summed E-state index contributed by atoms with van der Waals surface area (Å²) < 4.78 is 5.77. The molecule has 0 radical (unpaired) electrons. The van der Waals surface area contributed by atoms with E-state index in [1.54, 1.807) is 11.8 Å². The highest BCUT2D eigenvalue weighted by molar-refractivity contribution is 7.98. The van der Waals surface area contributed by atoms with Gasteiger partial charge in [0.15, 0.2) is 0 Å². The number of thioether (sulfide) groups is 1. The van der Waals surface area contributed by atoms with Crippen LogP contribution in [0.15, 0.2) is 29.2 Å². The molecule has 0 heterocycles. The summed E-state index contributed by atoms with van der Waals surface area (Å²) >= 11 is 1.75. The molecule has 1 atom stereocenters. The van der Waals surface area contributed by atoms with E-state index in [0.717, 1.165) is 24.9 Å². The molecule has 1 fully saturated rings. The highest BCUT2D eigenvalue weighted by Crippen LogP contribution is 2.20. The molecule has 0 bridgehead atoms. The lowest BCUT2D eigenvalue weighted by Crippen LogP contribution is -2.26. The molecule has 1 unspecified atom stereocenters. The molecule has 1 aromatic carbocycles. The number of hydrogen-bond acceptors (Lipinski definition) is 3. The minimum Gasteiger partial charge on any atom is -0.493 e. The molecule has 0 aliphatic heterocycles. The Kier molecular flexibility index (Phi) is 4.75. The maximum absolute atomic E-state index is 5.77. The molecule has 94 valence electrons. The second kappa shape index (κ2) is 6.31. The summed E-state index contributed by atoms with van der Waals surface area (Å²) in [6.07, 6.45) is 4.79. The predicted molar refractivity (Wildman–Crippen MR) is 73.9 cm³/mol. The lowest BCUT2D eigenvalue weighted by molar-refractivity contribution is 0.255. The standard InChI is InChI=1S/C14H21NOS/c1-11(9-15-12-3-4-12)10-16-13-5-7-14(17-2)8-6-13/h5-8,11-12,15H,3-4,9-10H2,1-2H3. The average molecular weight is 251 g/mol. The van der Waals surface area contributed by atoms with E-state index in [0.29, 0.717) is 5.92 Å². The molecule has 1 saturated carbocycles. The Morgan fingerprint density at radius 2 is 2.06 bits per heavy atom.